The molecule has 0 aliphatic rings. The summed E-state index contributed by atoms with van der Waals surface area (Å²) in [6, 6.07) is 10.4. The minimum Gasteiger partial charge on any atom is -0.273 e. The van der Waals surface area contributed by atoms with Crippen LogP contribution in [0.25, 0.3) is 0 Å². The second-order valence-electron chi connectivity index (χ2n) is 5.25. The van der Waals surface area contributed by atoms with Gasteiger partial charge >= 0.3 is 0 Å². The van der Waals surface area contributed by atoms with Gasteiger partial charge in [-0.1, -0.05) is 47.0 Å². The van der Waals surface area contributed by atoms with Crippen LogP contribution >= 0.6 is 23.2 Å². The predicted molar refractivity (Wildman–Crippen MR) is 91.7 cm³/mol. The van der Waals surface area contributed by atoms with Crippen LogP contribution < -0.4 is 10.9 Å². The van der Waals surface area contributed by atoms with Gasteiger partial charge in [-0.2, -0.15) is 0 Å². The molecule has 0 radical (unpaired) electrons. The van der Waals surface area contributed by atoms with Crippen LogP contribution in [-0.4, -0.2) is 11.8 Å². The van der Waals surface area contributed by atoms with Crippen LogP contribution in [0, 0.1) is 13.8 Å². The lowest BCUT2D eigenvalue weighted by molar-refractivity contribution is -0.121. The van der Waals surface area contributed by atoms with Gasteiger partial charge < -0.3 is 0 Å². The molecule has 2 aromatic rings. The molecule has 0 aromatic heterocycles. The van der Waals surface area contributed by atoms with E-state index in [4.69, 9.17) is 23.2 Å². The summed E-state index contributed by atoms with van der Waals surface area (Å²) < 4.78 is 0. The molecule has 0 spiro atoms. The second-order valence-corrected chi connectivity index (χ2v) is 6.06. The van der Waals surface area contributed by atoms with Crippen LogP contribution in [0.5, 0.6) is 0 Å². The van der Waals surface area contributed by atoms with E-state index in [1.807, 2.05) is 26.0 Å². The number of carbonyl (C=O) groups is 2. The largest absolute Gasteiger partial charge is 0.273 e. The number of halogens is 2. The molecule has 2 N–H and O–H groups in total. The average Bonchev–Trinajstić information content (AvgIpc) is 2.48. The number of amides is 2. The van der Waals surface area contributed by atoms with Gasteiger partial charge in [0.15, 0.2) is 0 Å². The first-order valence-electron chi connectivity index (χ1n) is 6.97. The van der Waals surface area contributed by atoms with Crippen molar-refractivity contribution >= 4 is 35.0 Å². The van der Waals surface area contributed by atoms with Gasteiger partial charge in [-0.3, -0.25) is 20.4 Å². The normalized spacial score (nSPS) is 10.3. The minimum atomic E-state index is -0.356. The molecule has 120 valence electrons. The number of rotatable bonds is 3. The molecule has 2 rings (SSSR count). The number of benzene rings is 2. The third kappa shape index (κ3) is 4.71. The Kier molecular flexibility index (Phi) is 5.64. The lowest BCUT2D eigenvalue weighted by Crippen LogP contribution is -2.42. The van der Waals surface area contributed by atoms with Gasteiger partial charge in [-0.25, -0.2) is 0 Å². The predicted octanol–water partition coefficient (Wildman–Crippen LogP) is 3.61. The standard InChI is InChI=1S/C17H16Cl2N2O2/c1-10-3-5-13(11(2)7-10)17(23)21-20-16(22)9-12-4-6-14(18)15(19)8-12/h3-8H,9H2,1-2H3,(H,20,22)(H,21,23). The van der Waals surface area contributed by atoms with Gasteiger partial charge in [-0.05, 0) is 43.2 Å². The first-order valence-corrected chi connectivity index (χ1v) is 7.73. The molecule has 0 saturated heterocycles. The van der Waals surface area contributed by atoms with E-state index in [-0.39, 0.29) is 18.2 Å². The molecule has 2 amide bonds. The summed E-state index contributed by atoms with van der Waals surface area (Å²) in [6.45, 7) is 3.80. The summed E-state index contributed by atoms with van der Waals surface area (Å²) in [5.74, 6) is -0.702. The first-order chi connectivity index (χ1) is 10.9. The fourth-order valence-electron chi connectivity index (χ4n) is 2.14. The number of nitrogens with one attached hydrogen (secondary N) is 2. The van der Waals surface area contributed by atoms with Gasteiger partial charge in [0.2, 0.25) is 5.91 Å². The summed E-state index contributed by atoms with van der Waals surface area (Å²) in [4.78, 5) is 23.9. The summed E-state index contributed by atoms with van der Waals surface area (Å²) >= 11 is 11.7. The van der Waals surface area contributed by atoms with E-state index >= 15 is 0 Å². The van der Waals surface area contributed by atoms with Crippen molar-refractivity contribution in [2.75, 3.05) is 0 Å². The van der Waals surface area contributed by atoms with Crippen molar-refractivity contribution < 1.29 is 9.59 Å². The maximum absolute atomic E-state index is 12.1. The molecule has 0 heterocycles. The molecule has 0 unspecified atom stereocenters. The van der Waals surface area contributed by atoms with Crippen LogP contribution in [0.3, 0.4) is 0 Å². The first kappa shape index (κ1) is 17.3. The van der Waals surface area contributed by atoms with Crippen molar-refractivity contribution in [3.63, 3.8) is 0 Å². The fraction of sp³-hybridized carbons (Fsp3) is 0.176. The Morgan fingerprint density at radius 1 is 0.957 bits per heavy atom. The lowest BCUT2D eigenvalue weighted by Gasteiger charge is -2.10. The summed E-state index contributed by atoms with van der Waals surface area (Å²) in [7, 11) is 0. The molecular formula is C17H16Cl2N2O2. The molecule has 6 heteroatoms. The van der Waals surface area contributed by atoms with Crippen molar-refractivity contribution in [3.05, 3.63) is 68.7 Å². The number of hydrazine groups is 1. The quantitative estimate of drug-likeness (QED) is 0.830. The molecular weight excluding hydrogens is 335 g/mol. The highest BCUT2D eigenvalue weighted by molar-refractivity contribution is 6.42. The van der Waals surface area contributed by atoms with E-state index < -0.39 is 0 Å². The number of hydrogen-bond acceptors (Lipinski definition) is 2. The highest BCUT2D eigenvalue weighted by Gasteiger charge is 2.11. The third-order valence-corrected chi connectivity index (χ3v) is 4.03. The zero-order valence-electron chi connectivity index (χ0n) is 12.7. The number of carbonyl (C=O) groups excluding carboxylic acids is 2. The molecule has 2 aromatic carbocycles. The zero-order chi connectivity index (χ0) is 17.0. The summed E-state index contributed by atoms with van der Waals surface area (Å²) in [5, 5.41) is 0.815. The van der Waals surface area contributed by atoms with Crippen LogP contribution in [0.2, 0.25) is 10.0 Å². The van der Waals surface area contributed by atoms with Gasteiger partial charge in [0.1, 0.15) is 0 Å². The van der Waals surface area contributed by atoms with E-state index in [0.717, 1.165) is 11.1 Å². The highest BCUT2D eigenvalue weighted by atomic mass is 35.5. The maximum Gasteiger partial charge on any atom is 0.269 e. The Morgan fingerprint density at radius 2 is 1.70 bits per heavy atom. The van der Waals surface area contributed by atoms with Crippen LogP contribution in [0.1, 0.15) is 27.0 Å². The molecule has 0 aliphatic heterocycles. The van der Waals surface area contributed by atoms with E-state index in [9.17, 15) is 9.59 Å². The van der Waals surface area contributed by atoms with Crippen LogP contribution in [0.15, 0.2) is 36.4 Å². The topological polar surface area (TPSA) is 58.2 Å². The maximum atomic E-state index is 12.1. The van der Waals surface area contributed by atoms with Crippen molar-refractivity contribution in [1.82, 2.24) is 10.9 Å². The second kappa shape index (κ2) is 7.49. The van der Waals surface area contributed by atoms with Gasteiger partial charge in [0.05, 0.1) is 16.5 Å². The minimum absolute atomic E-state index is 0.0874. The zero-order valence-corrected chi connectivity index (χ0v) is 14.3. The smallest absolute Gasteiger partial charge is 0.269 e. The molecule has 0 fully saturated rings. The third-order valence-electron chi connectivity index (χ3n) is 3.29. The Bertz CT molecular complexity index is 760. The average molecular weight is 351 g/mol. The van der Waals surface area contributed by atoms with E-state index in [1.165, 1.54) is 0 Å². The molecule has 0 saturated carbocycles. The molecule has 0 bridgehead atoms. The van der Waals surface area contributed by atoms with Crippen LogP contribution in [-0.2, 0) is 11.2 Å². The lowest BCUT2D eigenvalue weighted by atomic mass is 10.1. The Balaban J connectivity index is 1.93. The van der Waals surface area contributed by atoms with E-state index in [1.54, 1.807) is 24.3 Å². The Hall–Kier alpha value is -2.04. The Morgan fingerprint density at radius 3 is 2.35 bits per heavy atom. The molecule has 4 nitrogen and oxygen atoms in total. The van der Waals surface area contributed by atoms with Crippen molar-refractivity contribution in [3.8, 4) is 0 Å². The van der Waals surface area contributed by atoms with E-state index in [2.05, 4.69) is 10.9 Å². The monoisotopic (exact) mass is 350 g/mol. The Labute approximate surface area is 144 Å². The molecule has 0 atom stereocenters. The van der Waals surface area contributed by atoms with Gasteiger partial charge in [-0.15, -0.1) is 0 Å². The van der Waals surface area contributed by atoms with Gasteiger partial charge in [0.25, 0.3) is 5.91 Å². The SMILES string of the molecule is Cc1ccc(C(=O)NNC(=O)Cc2ccc(Cl)c(Cl)c2)c(C)c1. The molecule has 23 heavy (non-hydrogen) atoms. The van der Waals surface area contributed by atoms with Crippen molar-refractivity contribution in [1.29, 1.82) is 0 Å². The number of hydrogen-bond donors (Lipinski definition) is 2. The van der Waals surface area contributed by atoms with Crippen molar-refractivity contribution in [2.24, 2.45) is 0 Å². The number of aryl methyl sites for hydroxylation is 2. The highest BCUT2D eigenvalue weighted by Crippen LogP contribution is 2.22. The van der Waals surface area contributed by atoms with Crippen molar-refractivity contribution in [2.45, 2.75) is 20.3 Å². The fourth-order valence-corrected chi connectivity index (χ4v) is 2.46. The summed E-state index contributed by atoms with van der Waals surface area (Å²) in [5.41, 5.74) is 7.94. The summed E-state index contributed by atoms with van der Waals surface area (Å²) in [6.07, 6.45) is 0.0874. The van der Waals surface area contributed by atoms with Gasteiger partial charge in [0, 0.05) is 5.56 Å². The van der Waals surface area contributed by atoms with Crippen LogP contribution in [0.4, 0.5) is 0 Å². The van der Waals surface area contributed by atoms with E-state index in [0.29, 0.717) is 21.2 Å². The molecule has 0 aliphatic carbocycles.